The number of carbonyl (C=O) groups excluding carboxylic acids is 2. The van der Waals surface area contributed by atoms with Gasteiger partial charge in [-0.25, -0.2) is 4.39 Å². The molecule has 0 saturated carbocycles. The molecule has 8 heteroatoms. The molecule has 0 aliphatic rings. The molecule has 168 valence electrons. The monoisotopic (exact) mass is 468 g/mol. The summed E-state index contributed by atoms with van der Waals surface area (Å²) >= 11 is 12.0. The van der Waals surface area contributed by atoms with Crippen LogP contribution in [0.2, 0.25) is 10.0 Å². The highest BCUT2D eigenvalue weighted by Crippen LogP contribution is 2.27. The van der Waals surface area contributed by atoms with E-state index in [1.54, 1.807) is 24.3 Å². The zero-order valence-corrected chi connectivity index (χ0v) is 19.2. The largest absolute Gasteiger partial charge is 0.482 e. The average molecular weight is 469 g/mol. The Balaban J connectivity index is 2.18. The summed E-state index contributed by atoms with van der Waals surface area (Å²) in [4.78, 5) is 27.3. The summed E-state index contributed by atoms with van der Waals surface area (Å²) in [7, 11) is 0. The van der Waals surface area contributed by atoms with Crippen molar-refractivity contribution in [3.05, 3.63) is 63.9 Å². The van der Waals surface area contributed by atoms with Crippen molar-refractivity contribution < 1.29 is 18.7 Å². The standard InChI is InChI=1S/C23H27Cl2FN2O3/c1-3-5-12-27-23(30)20(4-2)28(14-16-6-9-18(26)10-7-16)22(29)15-31-21-11-8-17(24)13-19(21)25/h6-11,13,20H,3-5,12,14-15H2,1-2H3,(H,27,30)/t20-/m0/s1. The SMILES string of the molecule is CCCCNC(=O)[C@H](CC)N(Cc1ccc(F)cc1)C(=O)COc1ccc(Cl)cc1Cl. The Labute approximate surface area is 192 Å². The maximum absolute atomic E-state index is 13.3. The van der Waals surface area contributed by atoms with Crippen LogP contribution in [-0.2, 0) is 16.1 Å². The number of carbonyl (C=O) groups is 2. The van der Waals surface area contributed by atoms with E-state index in [0.717, 1.165) is 12.8 Å². The number of hydrogen-bond acceptors (Lipinski definition) is 3. The summed E-state index contributed by atoms with van der Waals surface area (Å²) in [6.07, 6.45) is 2.23. The molecule has 2 aromatic carbocycles. The molecule has 0 fully saturated rings. The minimum absolute atomic E-state index is 0.149. The second kappa shape index (κ2) is 12.5. The quantitative estimate of drug-likeness (QED) is 0.459. The first-order valence-electron chi connectivity index (χ1n) is 10.2. The summed E-state index contributed by atoms with van der Waals surface area (Å²) < 4.78 is 18.9. The third kappa shape index (κ3) is 7.71. The van der Waals surface area contributed by atoms with Crippen molar-refractivity contribution in [2.75, 3.05) is 13.2 Å². The van der Waals surface area contributed by atoms with Crippen molar-refractivity contribution >= 4 is 35.0 Å². The highest BCUT2D eigenvalue weighted by Gasteiger charge is 2.29. The topological polar surface area (TPSA) is 58.6 Å². The molecule has 0 spiro atoms. The predicted molar refractivity (Wildman–Crippen MR) is 121 cm³/mol. The van der Waals surface area contributed by atoms with Crippen molar-refractivity contribution in [3.8, 4) is 5.75 Å². The molecule has 0 aliphatic carbocycles. The van der Waals surface area contributed by atoms with E-state index < -0.39 is 6.04 Å². The number of hydrogen-bond donors (Lipinski definition) is 1. The molecule has 1 atom stereocenters. The first kappa shape index (κ1) is 25.0. The lowest BCUT2D eigenvalue weighted by Gasteiger charge is -2.30. The molecule has 0 bridgehead atoms. The van der Waals surface area contributed by atoms with Crippen LogP contribution in [0.3, 0.4) is 0 Å². The summed E-state index contributed by atoms with van der Waals surface area (Å²) in [5.74, 6) is -0.656. The number of nitrogens with zero attached hydrogens (tertiary/aromatic N) is 1. The van der Waals surface area contributed by atoms with E-state index in [2.05, 4.69) is 5.32 Å². The van der Waals surface area contributed by atoms with Gasteiger partial charge in [-0.2, -0.15) is 0 Å². The minimum atomic E-state index is -0.682. The van der Waals surface area contributed by atoms with Crippen LogP contribution in [0.15, 0.2) is 42.5 Å². The van der Waals surface area contributed by atoms with E-state index in [0.29, 0.717) is 29.3 Å². The van der Waals surface area contributed by atoms with Gasteiger partial charge in [-0.3, -0.25) is 9.59 Å². The molecule has 0 unspecified atom stereocenters. The van der Waals surface area contributed by atoms with E-state index in [-0.39, 0.29) is 35.8 Å². The smallest absolute Gasteiger partial charge is 0.261 e. The fourth-order valence-electron chi connectivity index (χ4n) is 3.03. The Morgan fingerprint density at radius 2 is 1.84 bits per heavy atom. The molecule has 5 nitrogen and oxygen atoms in total. The molecule has 0 radical (unpaired) electrons. The van der Waals surface area contributed by atoms with Gasteiger partial charge in [-0.05, 0) is 48.7 Å². The average Bonchev–Trinajstić information content (AvgIpc) is 2.74. The molecule has 31 heavy (non-hydrogen) atoms. The van der Waals surface area contributed by atoms with Crippen LogP contribution in [0.25, 0.3) is 0 Å². The van der Waals surface area contributed by atoms with Crippen LogP contribution in [0.1, 0.15) is 38.7 Å². The maximum atomic E-state index is 13.3. The Bertz CT molecular complexity index is 878. The van der Waals surface area contributed by atoms with Crippen molar-refractivity contribution in [3.63, 3.8) is 0 Å². The van der Waals surface area contributed by atoms with E-state index in [4.69, 9.17) is 27.9 Å². The zero-order valence-electron chi connectivity index (χ0n) is 17.7. The molecule has 2 aromatic rings. The van der Waals surface area contributed by atoms with Crippen LogP contribution in [0, 0.1) is 5.82 Å². The van der Waals surface area contributed by atoms with Crippen molar-refractivity contribution in [2.24, 2.45) is 0 Å². The molecular weight excluding hydrogens is 442 g/mol. The van der Waals surface area contributed by atoms with Crippen LogP contribution >= 0.6 is 23.2 Å². The summed E-state index contributed by atoms with van der Waals surface area (Å²) in [6.45, 7) is 4.26. The van der Waals surface area contributed by atoms with Crippen molar-refractivity contribution in [2.45, 2.75) is 45.7 Å². The molecule has 0 heterocycles. The predicted octanol–water partition coefficient (Wildman–Crippen LogP) is 5.24. The third-order valence-electron chi connectivity index (χ3n) is 4.73. The lowest BCUT2D eigenvalue weighted by Crippen LogP contribution is -2.50. The summed E-state index contributed by atoms with van der Waals surface area (Å²) in [6, 6.07) is 9.86. The van der Waals surface area contributed by atoms with Gasteiger partial charge in [0.15, 0.2) is 6.61 Å². The minimum Gasteiger partial charge on any atom is -0.482 e. The first-order chi connectivity index (χ1) is 14.8. The molecule has 0 saturated heterocycles. The Hall–Kier alpha value is -2.31. The summed E-state index contributed by atoms with van der Waals surface area (Å²) in [5.41, 5.74) is 0.707. The van der Waals surface area contributed by atoms with E-state index in [1.807, 2.05) is 13.8 Å². The maximum Gasteiger partial charge on any atom is 0.261 e. The number of ether oxygens (including phenoxy) is 1. The van der Waals surface area contributed by atoms with Crippen molar-refractivity contribution in [1.82, 2.24) is 10.2 Å². The first-order valence-corrected chi connectivity index (χ1v) is 11.0. The highest BCUT2D eigenvalue weighted by molar-refractivity contribution is 6.35. The van der Waals surface area contributed by atoms with Gasteiger partial charge in [-0.1, -0.05) is 55.6 Å². The number of halogens is 3. The molecule has 2 amide bonds. The Kier molecular flexibility index (Phi) is 10.1. The van der Waals surface area contributed by atoms with Gasteiger partial charge < -0.3 is 15.0 Å². The zero-order chi connectivity index (χ0) is 22.8. The van der Waals surface area contributed by atoms with E-state index >= 15 is 0 Å². The van der Waals surface area contributed by atoms with Crippen LogP contribution < -0.4 is 10.1 Å². The summed E-state index contributed by atoms with van der Waals surface area (Å²) in [5, 5.41) is 3.63. The molecule has 1 N–H and O–H groups in total. The number of rotatable bonds is 11. The van der Waals surface area contributed by atoms with Crippen LogP contribution in [-0.4, -0.2) is 35.9 Å². The van der Waals surface area contributed by atoms with Gasteiger partial charge in [0.2, 0.25) is 5.91 Å². The highest BCUT2D eigenvalue weighted by atomic mass is 35.5. The van der Waals surface area contributed by atoms with E-state index in [9.17, 15) is 14.0 Å². The normalized spacial score (nSPS) is 11.6. The van der Waals surface area contributed by atoms with Gasteiger partial charge in [-0.15, -0.1) is 0 Å². The van der Waals surface area contributed by atoms with Gasteiger partial charge in [0, 0.05) is 18.1 Å². The fourth-order valence-corrected chi connectivity index (χ4v) is 3.49. The van der Waals surface area contributed by atoms with E-state index in [1.165, 1.54) is 23.1 Å². The van der Waals surface area contributed by atoms with Gasteiger partial charge in [0.25, 0.3) is 5.91 Å². The number of unbranched alkanes of at least 4 members (excludes halogenated alkanes) is 1. The van der Waals surface area contributed by atoms with Gasteiger partial charge in [0.1, 0.15) is 17.6 Å². The fraction of sp³-hybridized carbons (Fsp3) is 0.391. The number of amides is 2. The van der Waals surface area contributed by atoms with Crippen molar-refractivity contribution in [1.29, 1.82) is 0 Å². The van der Waals surface area contributed by atoms with Crippen LogP contribution in [0.4, 0.5) is 4.39 Å². The lowest BCUT2D eigenvalue weighted by atomic mass is 10.1. The van der Waals surface area contributed by atoms with Gasteiger partial charge >= 0.3 is 0 Å². The molecule has 0 aliphatic heterocycles. The molecule has 2 rings (SSSR count). The second-order valence-electron chi connectivity index (χ2n) is 7.08. The van der Waals surface area contributed by atoms with Crippen LogP contribution in [0.5, 0.6) is 5.75 Å². The number of benzene rings is 2. The Morgan fingerprint density at radius 1 is 1.13 bits per heavy atom. The third-order valence-corrected chi connectivity index (χ3v) is 5.26. The number of nitrogens with one attached hydrogen (secondary N) is 1. The lowest BCUT2D eigenvalue weighted by molar-refractivity contribution is -0.143. The molecule has 0 aromatic heterocycles. The Morgan fingerprint density at radius 3 is 2.45 bits per heavy atom. The molecular formula is C23H27Cl2FN2O3. The second-order valence-corrected chi connectivity index (χ2v) is 7.92. The van der Waals surface area contributed by atoms with Gasteiger partial charge in [0.05, 0.1) is 5.02 Å².